The number of nitrogens with one attached hydrogen (secondary N) is 1. The van der Waals surface area contributed by atoms with Gasteiger partial charge in [-0.1, -0.05) is 18.2 Å². The molecule has 154 valence electrons. The van der Waals surface area contributed by atoms with Crippen molar-refractivity contribution in [1.82, 2.24) is 10.3 Å². The predicted octanol–water partition coefficient (Wildman–Crippen LogP) is 4.00. The Labute approximate surface area is 173 Å². The van der Waals surface area contributed by atoms with Gasteiger partial charge in [-0.2, -0.15) is 0 Å². The number of carbonyl (C=O) groups is 1. The van der Waals surface area contributed by atoms with E-state index in [4.69, 9.17) is 4.74 Å². The molecule has 1 aromatic heterocycles. The van der Waals surface area contributed by atoms with E-state index >= 15 is 0 Å². The first-order valence-corrected chi connectivity index (χ1v) is 9.24. The molecule has 0 radical (unpaired) electrons. The summed E-state index contributed by atoms with van der Waals surface area (Å²) in [5.41, 5.74) is 2.42. The van der Waals surface area contributed by atoms with Crippen LogP contribution in [0.2, 0.25) is 0 Å². The number of ether oxygens (including phenoxy) is 1. The fourth-order valence-corrected chi connectivity index (χ4v) is 3.26. The molecule has 30 heavy (non-hydrogen) atoms. The molecule has 2 heterocycles. The van der Waals surface area contributed by atoms with Gasteiger partial charge in [0.15, 0.2) is 0 Å². The highest BCUT2D eigenvalue weighted by Crippen LogP contribution is 2.38. The minimum atomic E-state index is -0.858. The Bertz CT molecular complexity index is 1060. The molecule has 8 nitrogen and oxygen atoms in total. The summed E-state index contributed by atoms with van der Waals surface area (Å²) in [6.45, 7) is 3.40. The number of esters is 1. The Morgan fingerprint density at radius 2 is 2.00 bits per heavy atom. The molecule has 1 unspecified atom stereocenters. The van der Waals surface area contributed by atoms with Crippen LogP contribution in [-0.2, 0) is 9.53 Å². The van der Waals surface area contributed by atoms with Crippen molar-refractivity contribution in [2.24, 2.45) is 0 Å². The summed E-state index contributed by atoms with van der Waals surface area (Å²) in [5.74, 6) is -1.56. The number of rotatable bonds is 6. The summed E-state index contributed by atoms with van der Waals surface area (Å²) >= 11 is 0. The molecule has 1 aliphatic heterocycles. The van der Waals surface area contributed by atoms with Crippen molar-refractivity contribution < 1.29 is 19.6 Å². The minimum Gasteiger partial charge on any atom is -0.509 e. The molecule has 0 saturated heterocycles. The molecule has 0 bridgehead atoms. The maximum absolute atomic E-state index is 12.8. The number of nitro benzene ring substituents is 1. The van der Waals surface area contributed by atoms with Crippen LogP contribution in [0.25, 0.3) is 6.08 Å². The lowest BCUT2D eigenvalue weighted by Crippen LogP contribution is -2.29. The molecule has 2 N–H and O–H groups in total. The Morgan fingerprint density at radius 3 is 2.70 bits per heavy atom. The molecule has 1 atom stereocenters. The number of carbonyl (C=O) groups excluding carboxylic acids is 1. The topological polar surface area (TPSA) is 115 Å². The highest BCUT2D eigenvalue weighted by atomic mass is 16.6. The summed E-state index contributed by atoms with van der Waals surface area (Å²) in [6.07, 6.45) is 6.82. The summed E-state index contributed by atoms with van der Waals surface area (Å²) in [4.78, 5) is 27.4. The van der Waals surface area contributed by atoms with E-state index in [0.29, 0.717) is 17.0 Å². The number of allylic oxidation sites excluding steroid dienone is 3. The van der Waals surface area contributed by atoms with E-state index in [0.717, 1.165) is 5.56 Å². The third-order valence-corrected chi connectivity index (χ3v) is 4.69. The zero-order valence-corrected chi connectivity index (χ0v) is 16.5. The number of non-ortho nitro benzene ring substituents is 1. The van der Waals surface area contributed by atoms with Gasteiger partial charge < -0.3 is 15.2 Å². The first kappa shape index (κ1) is 20.8. The van der Waals surface area contributed by atoms with E-state index < -0.39 is 16.8 Å². The van der Waals surface area contributed by atoms with Gasteiger partial charge in [0.1, 0.15) is 12.4 Å². The quantitative estimate of drug-likeness (QED) is 0.422. The Balaban J connectivity index is 1.84. The number of hydrogen-bond acceptors (Lipinski definition) is 7. The van der Waals surface area contributed by atoms with Crippen molar-refractivity contribution in [2.45, 2.75) is 19.8 Å². The van der Waals surface area contributed by atoms with Crippen LogP contribution < -0.4 is 5.32 Å². The zero-order valence-electron chi connectivity index (χ0n) is 16.5. The zero-order chi connectivity index (χ0) is 21.7. The molecular formula is C22H21N3O5. The number of aliphatic hydroxyl groups excluding tert-OH is 1. The molecule has 0 fully saturated rings. The number of benzene rings is 1. The molecule has 8 heteroatoms. The monoisotopic (exact) mass is 407 g/mol. The number of nitro groups is 1. The third kappa shape index (κ3) is 4.54. The van der Waals surface area contributed by atoms with E-state index in [-0.39, 0.29) is 23.6 Å². The predicted molar refractivity (Wildman–Crippen MR) is 111 cm³/mol. The second-order valence-corrected chi connectivity index (χ2v) is 6.74. The van der Waals surface area contributed by atoms with Crippen LogP contribution in [0.4, 0.5) is 5.69 Å². The van der Waals surface area contributed by atoms with Crippen LogP contribution >= 0.6 is 0 Å². The molecule has 2 aromatic rings. The summed E-state index contributed by atoms with van der Waals surface area (Å²) < 4.78 is 5.38. The largest absolute Gasteiger partial charge is 0.509 e. The molecule has 0 aliphatic carbocycles. The normalized spacial score (nSPS) is 16.5. The van der Waals surface area contributed by atoms with Crippen molar-refractivity contribution >= 4 is 17.7 Å². The second kappa shape index (κ2) is 9.04. The van der Waals surface area contributed by atoms with Crippen LogP contribution in [-0.4, -0.2) is 27.6 Å². The lowest BCUT2D eigenvalue weighted by Gasteiger charge is -2.28. The van der Waals surface area contributed by atoms with Crippen LogP contribution in [0.3, 0.4) is 0 Å². The fourth-order valence-electron chi connectivity index (χ4n) is 3.26. The molecule has 3 rings (SSSR count). The van der Waals surface area contributed by atoms with Gasteiger partial charge in [0, 0.05) is 30.2 Å². The van der Waals surface area contributed by atoms with E-state index in [9.17, 15) is 20.0 Å². The number of aliphatic hydroxyl groups is 1. The minimum absolute atomic E-state index is 0.0308. The summed E-state index contributed by atoms with van der Waals surface area (Å²) in [5, 5.41) is 24.8. The Kier molecular flexibility index (Phi) is 6.26. The Hall–Kier alpha value is -3.94. The highest BCUT2D eigenvalue weighted by molar-refractivity contribution is 5.92. The number of nitrogens with zero attached hydrogens (tertiary/aromatic N) is 2. The van der Waals surface area contributed by atoms with E-state index in [1.807, 2.05) is 12.1 Å². The van der Waals surface area contributed by atoms with E-state index in [1.165, 1.54) is 18.2 Å². The van der Waals surface area contributed by atoms with Crippen LogP contribution in [0.15, 0.2) is 77.6 Å². The average Bonchev–Trinajstić information content (AvgIpc) is 2.74. The lowest BCUT2D eigenvalue weighted by atomic mass is 9.85. The molecule has 1 aromatic carbocycles. The second-order valence-electron chi connectivity index (χ2n) is 6.74. The number of dihydropyridines is 1. The smallest absolute Gasteiger partial charge is 0.337 e. The van der Waals surface area contributed by atoms with E-state index in [2.05, 4.69) is 10.3 Å². The van der Waals surface area contributed by atoms with Gasteiger partial charge in [0.05, 0.1) is 22.1 Å². The summed E-state index contributed by atoms with van der Waals surface area (Å²) in [6, 6.07) is 9.50. The van der Waals surface area contributed by atoms with Gasteiger partial charge in [-0.25, -0.2) is 4.79 Å². The molecule has 0 spiro atoms. The lowest BCUT2D eigenvalue weighted by molar-refractivity contribution is -0.384. The van der Waals surface area contributed by atoms with Gasteiger partial charge in [0.25, 0.3) is 5.69 Å². The van der Waals surface area contributed by atoms with Crippen LogP contribution in [0.1, 0.15) is 30.9 Å². The fraction of sp³-hybridized carbons (Fsp3) is 0.182. The molecule has 0 amide bonds. The van der Waals surface area contributed by atoms with Crippen molar-refractivity contribution in [3.63, 3.8) is 0 Å². The van der Waals surface area contributed by atoms with Crippen LogP contribution in [0.5, 0.6) is 0 Å². The molecular weight excluding hydrogens is 386 g/mol. The van der Waals surface area contributed by atoms with Crippen LogP contribution in [0, 0.1) is 10.1 Å². The average molecular weight is 407 g/mol. The first-order chi connectivity index (χ1) is 14.4. The van der Waals surface area contributed by atoms with E-state index in [1.54, 1.807) is 44.5 Å². The first-order valence-electron chi connectivity index (χ1n) is 9.24. The standard InChI is InChI=1S/C22H21N3O5/c1-14-19(22(27)30-12-4-5-16-8-10-23-11-9-16)20(21(26)15(2)24-14)17-6-3-7-18(13-17)25(28)29/h3-11,13,20,24,26H,12H2,1-2H3/b5-4+. The van der Waals surface area contributed by atoms with Gasteiger partial charge >= 0.3 is 5.97 Å². The van der Waals surface area contributed by atoms with Gasteiger partial charge in [-0.3, -0.25) is 15.1 Å². The van der Waals surface area contributed by atoms with Gasteiger partial charge in [-0.05, 0) is 43.2 Å². The van der Waals surface area contributed by atoms with Crippen molar-refractivity contribution in [1.29, 1.82) is 0 Å². The number of pyridine rings is 1. The van der Waals surface area contributed by atoms with Gasteiger partial charge in [0.2, 0.25) is 0 Å². The SMILES string of the molecule is CC1=C(O)C(c2cccc([N+](=O)[O-])c2)C(C(=O)OC/C=C/c2ccncc2)=C(C)N1. The molecule has 1 aliphatic rings. The maximum atomic E-state index is 12.8. The maximum Gasteiger partial charge on any atom is 0.337 e. The Morgan fingerprint density at radius 1 is 1.27 bits per heavy atom. The van der Waals surface area contributed by atoms with Crippen molar-refractivity contribution in [3.8, 4) is 0 Å². The summed E-state index contributed by atoms with van der Waals surface area (Å²) in [7, 11) is 0. The third-order valence-electron chi connectivity index (χ3n) is 4.69. The number of hydrogen-bond donors (Lipinski definition) is 2. The molecule has 0 saturated carbocycles. The van der Waals surface area contributed by atoms with Crippen molar-refractivity contribution in [2.75, 3.05) is 6.61 Å². The van der Waals surface area contributed by atoms with Gasteiger partial charge in [-0.15, -0.1) is 0 Å². The number of aromatic nitrogens is 1. The van der Waals surface area contributed by atoms with Crippen molar-refractivity contribution in [3.05, 3.63) is 98.8 Å². The highest BCUT2D eigenvalue weighted by Gasteiger charge is 2.34.